The van der Waals surface area contributed by atoms with Crippen LogP contribution in [0.1, 0.15) is 98.0 Å². The number of nitrogens with one attached hydrogen (secondary N) is 8. The summed E-state index contributed by atoms with van der Waals surface area (Å²) in [5, 5.41) is 30.0. The fourth-order valence-electron chi connectivity index (χ4n) is 6.80. The molecule has 1 aromatic carbocycles. The Bertz CT molecular complexity index is 1770. The van der Waals surface area contributed by atoms with Gasteiger partial charge in [-0.15, -0.1) is 0 Å². The second kappa shape index (κ2) is 32.9. The van der Waals surface area contributed by atoms with E-state index < -0.39 is 95.7 Å². The third-order valence-corrected chi connectivity index (χ3v) is 11.0. The quantitative estimate of drug-likeness (QED) is 0.0324. The third kappa shape index (κ3) is 22.8. The van der Waals surface area contributed by atoms with Gasteiger partial charge in [0.05, 0.1) is 0 Å². The SMILES string of the molecule is CCC(C)CCC(=O)N[C@H](CCN)C(=O)N[C@@H](CCN)C(=O)N[C@@H](CCN)C(=O)N[C@@H](CC(C)C)C(=O)N[C@H](Cc1ccccc1)C(=O)N[C@@H](CCN)C(=O)N[C@@H](CCN)C(=O)N[C@@H](C)C(=O)O. The second-order valence-corrected chi connectivity index (χ2v) is 17.3. The molecule has 0 aliphatic heterocycles. The molecule has 68 heavy (non-hydrogen) atoms. The number of hydrogen-bond acceptors (Lipinski definition) is 14. The van der Waals surface area contributed by atoms with E-state index in [2.05, 4.69) is 42.5 Å². The van der Waals surface area contributed by atoms with Crippen molar-refractivity contribution >= 4 is 53.2 Å². The molecule has 9 atom stereocenters. The smallest absolute Gasteiger partial charge is 0.325 e. The molecule has 23 heteroatoms. The largest absolute Gasteiger partial charge is 0.480 e. The first-order valence-corrected chi connectivity index (χ1v) is 23.4. The number of carbonyl (C=O) groups is 9. The number of nitrogens with two attached hydrogens (primary N) is 5. The van der Waals surface area contributed by atoms with E-state index in [9.17, 15) is 48.3 Å². The summed E-state index contributed by atoms with van der Waals surface area (Å²) in [4.78, 5) is 120. The molecule has 0 fully saturated rings. The Kier molecular flexibility index (Phi) is 29.1. The minimum absolute atomic E-state index is 0.0269. The van der Waals surface area contributed by atoms with Crippen LogP contribution >= 0.6 is 0 Å². The average Bonchev–Trinajstić information content (AvgIpc) is 3.29. The first-order chi connectivity index (χ1) is 32.2. The van der Waals surface area contributed by atoms with Crippen LogP contribution in [-0.4, -0.2) is 139 Å². The Hall–Kier alpha value is -5.75. The number of rotatable bonds is 34. The minimum atomic E-state index is -1.32. The van der Waals surface area contributed by atoms with E-state index in [-0.39, 0.29) is 95.9 Å². The Morgan fingerprint density at radius 3 is 1.18 bits per heavy atom. The lowest BCUT2D eigenvalue weighted by Gasteiger charge is -2.28. The second-order valence-electron chi connectivity index (χ2n) is 17.3. The highest BCUT2D eigenvalue weighted by Crippen LogP contribution is 2.12. The zero-order valence-corrected chi connectivity index (χ0v) is 40.3. The molecule has 0 spiro atoms. The summed E-state index contributed by atoms with van der Waals surface area (Å²) in [6.07, 6.45) is 1.59. The minimum Gasteiger partial charge on any atom is -0.480 e. The Morgan fingerprint density at radius 1 is 0.471 bits per heavy atom. The van der Waals surface area contributed by atoms with E-state index in [1.165, 1.54) is 6.92 Å². The molecule has 0 radical (unpaired) electrons. The van der Waals surface area contributed by atoms with Crippen LogP contribution in [0.4, 0.5) is 0 Å². The molecule has 0 bridgehead atoms. The molecule has 23 nitrogen and oxygen atoms in total. The standard InChI is InChI=1S/C45H79N13O10/c1-6-27(4)12-13-37(59)52-30(14-19-46)39(61)54-32(16-21-48)40(62)55-34(18-23-50)42(64)57-35(24-26(2)3)43(65)58-36(25-29-10-8-7-9-11-29)44(66)56-33(17-22-49)41(63)53-31(15-20-47)38(60)51-28(5)45(67)68/h7-11,26-28,30-36H,6,12-25,46-50H2,1-5H3,(H,51,60)(H,52,59)(H,53,63)(H,54,61)(H,55,62)(H,56,66)(H,57,64)(H,58,65)(H,67,68)/t27?,28-,30+,31-,32-,33-,34-,35-,36+/m0/s1. The maximum Gasteiger partial charge on any atom is 0.325 e. The van der Waals surface area contributed by atoms with E-state index in [0.717, 1.165) is 6.42 Å². The molecule has 0 aliphatic rings. The highest BCUT2D eigenvalue weighted by molar-refractivity contribution is 5.98. The van der Waals surface area contributed by atoms with Gasteiger partial charge in [0.15, 0.2) is 0 Å². The van der Waals surface area contributed by atoms with Gasteiger partial charge >= 0.3 is 5.97 Å². The molecule has 1 unspecified atom stereocenters. The van der Waals surface area contributed by atoms with Crippen LogP contribution < -0.4 is 71.2 Å². The maximum atomic E-state index is 14.2. The van der Waals surface area contributed by atoms with Gasteiger partial charge in [-0.2, -0.15) is 0 Å². The molecule has 384 valence electrons. The van der Waals surface area contributed by atoms with Crippen molar-refractivity contribution in [3.05, 3.63) is 35.9 Å². The number of aliphatic carboxylic acids is 1. The number of hydrogen-bond donors (Lipinski definition) is 14. The Balaban J connectivity index is 3.36. The first kappa shape index (κ1) is 60.3. The van der Waals surface area contributed by atoms with Crippen LogP contribution in [0.3, 0.4) is 0 Å². The molecular weight excluding hydrogens is 883 g/mol. The Morgan fingerprint density at radius 2 is 0.809 bits per heavy atom. The van der Waals surface area contributed by atoms with E-state index in [1.54, 1.807) is 30.3 Å². The summed E-state index contributed by atoms with van der Waals surface area (Å²) in [6, 6.07) is -1.27. The maximum absolute atomic E-state index is 14.2. The highest BCUT2D eigenvalue weighted by Gasteiger charge is 2.34. The van der Waals surface area contributed by atoms with Gasteiger partial charge in [0.2, 0.25) is 47.3 Å². The molecule has 0 saturated heterocycles. The molecular formula is C45H79N13O10. The van der Waals surface area contributed by atoms with Crippen LogP contribution in [0.2, 0.25) is 0 Å². The fraction of sp³-hybridized carbons (Fsp3) is 0.667. The molecule has 0 aliphatic carbocycles. The fourth-order valence-corrected chi connectivity index (χ4v) is 6.80. The van der Waals surface area contributed by atoms with E-state index in [4.69, 9.17) is 28.7 Å². The molecule has 1 rings (SSSR count). The molecule has 1 aromatic rings. The van der Waals surface area contributed by atoms with Gasteiger partial charge in [-0.25, -0.2) is 0 Å². The number of benzene rings is 1. The zero-order valence-electron chi connectivity index (χ0n) is 40.3. The third-order valence-electron chi connectivity index (χ3n) is 11.0. The normalized spacial score (nSPS) is 15.1. The molecule has 19 N–H and O–H groups in total. The van der Waals surface area contributed by atoms with E-state index >= 15 is 0 Å². The summed E-state index contributed by atoms with van der Waals surface area (Å²) >= 11 is 0. The van der Waals surface area contributed by atoms with Gasteiger partial charge in [-0.3, -0.25) is 43.2 Å². The van der Waals surface area contributed by atoms with Crippen LogP contribution in [-0.2, 0) is 49.6 Å². The summed E-state index contributed by atoms with van der Waals surface area (Å²) in [7, 11) is 0. The molecule has 8 amide bonds. The predicted octanol–water partition coefficient (Wildman–Crippen LogP) is -3.17. The van der Waals surface area contributed by atoms with Crippen molar-refractivity contribution in [1.82, 2.24) is 42.5 Å². The van der Waals surface area contributed by atoms with E-state index in [0.29, 0.717) is 17.9 Å². The summed E-state index contributed by atoms with van der Waals surface area (Å²) < 4.78 is 0. The monoisotopic (exact) mass is 962 g/mol. The number of carboxylic acid groups (broad SMARTS) is 1. The Labute approximate surface area is 399 Å². The average molecular weight is 962 g/mol. The summed E-state index contributed by atoms with van der Waals surface area (Å²) in [6.45, 7) is 8.75. The lowest BCUT2D eigenvalue weighted by Crippen LogP contribution is -2.61. The topological polar surface area (TPSA) is 400 Å². The van der Waals surface area contributed by atoms with Gasteiger partial charge in [-0.1, -0.05) is 64.4 Å². The summed E-state index contributed by atoms with van der Waals surface area (Å²) in [5.41, 5.74) is 29.5. The van der Waals surface area contributed by atoms with Gasteiger partial charge in [0.1, 0.15) is 48.3 Å². The van der Waals surface area contributed by atoms with Gasteiger partial charge in [0.25, 0.3) is 0 Å². The lowest BCUT2D eigenvalue weighted by atomic mass is 10.00. The van der Waals surface area contributed by atoms with Gasteiger partial charge in [0, 0.05) is 12.8 Å². The van der Waals surface area contributed by atoms with Crippen LogP contribution in [0.5, 0.6) is 0 Å². The number of carboxylic acids is 1. The lowest BCUT2D eigenvalue weighted by molar-refractivity contribution is -0.141. The van der Waals surface area contributed by atoms with Crippen molar-refractivity contribution in [2.24, 2.45) is 40.5 Å². The van der Waals surface area contributed by atoms with Crippen molar-refractivity contribution in [3.63, 3.8) is 0 Å². The van der Waals surface area contributed by atoms with Gasteiger partial charge < -0.3 is 76.3 Å². The van der Waals surface area contributed by atoms with Crippen molar-refractivity contribution in [2.45, 2.75) is 147 Å². The van der Waals surface area contributed by atoms with Crippen molar-refractivity contribution in [1.29, 1.82) is 0 Å². The molecule has 0 saturated carbocycles. The number of amides is 8. The predicted molar refractivity (Wildman–Crippen MR) is 255 cm³/mol. The van der Waals surface area contributed by atoms with Crippen LogP contribution in [0, 0.1) is 11.8 Å². The number of carbonyl (C=O) groups excluding carboxylic acids is 8. The van der Waals surface area contributed by atoms with Gasteiger partial charge in [-0.05, 0) is 102 Å². The van der Waals surface area contributed by atoms with Crippen molar-refractivity contribution < 1.29 is 48.3 Å². The zero-order chi connectivity index (χ0) is 51.3. The molecule has 0 aromatic heterocycles. The van der Waals surface area contributed by atoms with Crippen molar-refractivity contribution in [3.8, 4) is 0 Å². The van der Waals surface area contributed by atoms with E-state index in [1.807, 2.05) is 27.7 Å². The first-order valence-electron chi connectivity index (χ1n) is 23.4. The van der Waals surface area contributed by atoms with Crippen LogP contribution in [0.15, 0.2) is 30.3 Å². The molecule has 0 heterocycles. The van der Waals surface area contributed by atoms with Crippen LogP contribution in [0.25, 0.3) is 0 Å². The summed E-state index contributed by atoms with van der Waals surface area (Å²) in [5.74, 6) is -6.90. The highest BCUT2D eigenvalue weighted by atomic mass is 16.4. The van der Waals surface area contributed by atoms with Crippen molar-refractivity contribution in [2.75, 3.05) is 32.7 Å².